The SMILES string of the molecule is CC(=O)Nc1cc(NC(=O)C(O)c2ccccc2)ccc1Cl. The van der Waals surface area contributed by atoms with Gasteiger partial charge in [-0.3, -0.25) is 9.59 Å². The number of hydrogen-bond acceptors (Lipinski definition) is 3. The van der Waals surface area contributed by atoms with Crippen molar-refractivity contribution in [2.75, 3.05) is 10.6 Å². The predicted octanol–water partition coefficient (Wildman–Crippen LogP) is 2.97. The van der Waals surface area contributed by atoms with Crippen molar-refractivity contribution in [3.63, 3.8) is 0 Å². The Labute approximate surface area is 132 Å². The molecule has 2 aromatic rings. The van der Waals surface area contributed by atoms with E-state index >= 15 is 0 Å². The van der Waals surface area contributed by atoms with E-state index in [9.17, 15) is 14.7 Å². The zero-order chi connectivity index (χ0) is 16.1. The highest BCUT2D eigenvalue weighted by atomic mass is 35.5. The standard InChI is InChI=1S/C16H15ClN2O3/c1-10(20)18-14-9-12(7-8-13(14)17)19-16(22)15(21)11-5-3-2-4-6-11/h2-9,15,21H,1H3,(H,18,20)(H,19,22). The van der Waals surface area contributed by atoms with Gasteiger partial charge in [-0.25, -0.2) is 0 Å². The molecule has 114 valence electrons. The second-order valence-electron chi connectivity index (χ2n) is 4.68. The Balaban J connectivity index is 2.13. The molecule has 0 aliphatic carbocycles. The minimum Gasteiger partial charge on any atom is -0.378 e. The number of carbonyl (C=O) groups excluding carboxylic acids is 2. The monoisotopic (exact) mass is 318 g/mol. The molecule has 1 unspecified atom stereocenters. The van der Waals surface area contributed by atoms with Crippen molar-refractivity contribution >= 4 is 34.8 Å². The van der Waals surface area contributed by atoms with Gasteiger partial charge < -0.3 is 15.7 Å². The van der Waals surface area contributed by atoms with Crippen LogP contribution in [0.2, 0.25) is 5.02 Å². The average Bonchev–Trinajstić information content (AvgIpc) is 2.50. The zero-order valence-electron chi connectivity index (χ0n) is 11.8. The molecule has 0 saturated heterocycles. The number of benzene rings is 2. The maximum absolute atomic E-state index is 12.0. The van der Waals surface area contributed by atoms with Crippen molar-refractivity contribution in [2.24, 2.45) is 0 Å². The van der Waals surface area contributed by atoms with E-state index in [0.717, 1.165) is 0 Å². The molecule has 0 heterocycles. The van der Waals surface area contributed by atoms with Crippen molar-refractivity contribution < 1.29 is 14.7 Å². The maximum Gasteiger partial charge on any atom is 0.257 e. The van der Waals surface area contributed by atoms with Crippen molar-refractivity contribution in [1.29, 1.82) is 0 Å². The molecule has 2 amide bonds. The third kappa shape index (κ3) is 4.07. The molecule has 22 heavy (non-hydrogen) atoms. The lowest BCUT2D eigenvalue weighted by molar-refractivity contribution is -0.124. The number of nitrogens with one attached hydrogen (secondary N) is 2. The Kier molecular flexibility index (Phi) is 5.14. The first kappa shape index (κ1) is 16.0. The van der Waals surface area contributed by atoms with Crippen LogP contribution in [-0.4, -0.2) is 16.9 Å². The average molecular weight is 319 g/mol. The van der Waals surface area contributed by atoms with Crippen LogP contribution in [0.15, 0.2) is 48.5 Å². The number of aliphatic hydroxyl groups is 1. The zero-order valence-corrected chi connectivity index (χ0v) is 12.6. The van der Waals surface area contributed by atoms with E-state index in [-0.39, 0.29) is 5.91 Å². The fraction of sp³-hybridized carbons (Fsp3) is 0.125. The smallest absolute Gasteiger partial charge is 0.257 e. The normalized spacial score (nSPS) is 11.6. The summed E-state index contributed by atoms with van der Waals surface area (Å²) in [4.78, 5) is 23.1. The summed E-state index contributed by atoms with van der Waals surface area (Å²) >= 11 is 5.96. The van der Waals surface area contributed by atoms with E-state index in [0.29, 0.717) is 22.0 Å². The lowest BCUT2D eigenvalue weighted by Gasteiger charge is -2.13. The number of rotatable bonds is 4. The summed E-state index contributed by atoms with van der Waals surface area (Å²) in [5.41, 5.74) is 1.31. The van der Waals surface area contributed by atoms with Gasteiger partial charge in [-0.2, -0.15) is 0 Å². The molecule has 2 rings (SSSR count). The van der Waals surface area contributed by atoms with Gasteiger partial charge in [0, 0.05) is 12.6 Å². The summed E-state index contributed by atoms with van der Waals surface area (Å²) in [6.45, 7) is 1.36. The minimum absolute atomic E-state index is 0.269. The fourth-order valence-electron chi connectivity index (χ4n) is 1.89. The molecule has 3 N–H and O–H groups in total. The summed E-state index contributed by atoms with van der Waals surface area (Å²) in [5, 5.41) is 15.5. The predicted molar refractivity (Wildman–Crippen MR) is 85.8 cm³/mol. The highest BCUT2D eigenvalue weighted by molar-refractivity contribution is 6.33. The van der Waals surface area contributed by atoms with E-state index in [2.05, 4.69) is 10.6 Å². The second-order valence-corrected chi connectivity index (χ2v) is 5.09. The van der Waals surface area contributed by atoms with Crippen molar-refractivity contribution in [3.8, 4) is 0 Å². The summed E-state index contributed by atoms with van der Waals surface area (Å²) < 4.78 is 0. The highest BCUT2D eigenvalue weighted by Gasteiger charge is 2.17. The number of aliphatic hydroxyl groups excluding tert-OH is 1. The van der Waals surface area contributed by atoms with E-state index in [1.165, 1.54) is 13.0 Å². The summed E-state index contributed by atoms with van der Waals surface area (Å²) in [6, 6.07) is 13.3. The van der Waals surface area contributed by atoms with E-state index in [1.54, 1.807) is 42.5 Å². The first-order valence-corrected chi connectivity index (χ1v) is 6.96. The lowest BCUT2D eigenvalue weighted by atomic mass is 10.1. The Morgan fingerprint density at radius 2 is 1.77 bits per heavy atom. The Morgan fingerprint density at radius 3 is 2.41 bits per heavy atom. The van der Waals surface area contributed by atoms with Gasteiger partial charge in [0.1, 0.15) is 0 Å². The van der Waals surface area contributed by atoms with Crippen LogP contribution in [0.5, 0.6) is 0 Å². The summed E-state index contributed by atoms with van der Waals surface area (Å²) in [5.74, 6) is -0.836. The van der Waals surface area contributed by atoms with Gasteiger partial charge in [-0.05, 0) is 23.8 Å². The Bertz CT molecular complexity index is 689. The molecule has 0 spiro atoms. The van der Waals surface area contributed by atoms with Crippen LogP contribution in [0.25, 0.3) is 0 Å². The lowest BCUT2D eigenvalue weighted by Crippen LogP contribution is -2.20. The molecular weight excluding hydrogens is 304 g/mol. The molecule has 2 aromatic carbocycles. The molecule has 0 fully saturated rings. The maximum atomic E-state index is 12.0. The number of halogens is 1. The third-order valence-electron chi connectivity index (χ3n) is 2.91. The van der Waals surface area contributed by atoms with Crippen LogP contribution >= 0.6 is 11.6 Å². The molecule has 0 aliphatic heterocycles. The molecule has 0 aromatic heterocycles. The molecule has 5 nitrogen and oxygen atoms in total. The molecule has 6 heteroatoms. The number of amides is 2. The van der Waals surface area contributed by atoms with Crippen LogP contribution < -0.4 is 10.6 Å². The van der Waals surface area contributed by atoms with E-state index in [4.69, 9.17) is 11.6 Å². The Morgan fingerprint density at radius 1 is 1.09 bits per heavy atom. The molecule has 0 bridgehead atoms. The fourth-order valence-corrected chi connectivity index (χ4v) is 2.05. The van der Waals surface area contributed by atoms with Gasteiger partial charge in [0.25, 0.3) is 5.91 Å². The molecular formula is C16H15ClN2O3. The van der Waals surface area contributed by atoms with Gasteiger partial charge in [0.2, 0.25) is 5.91 Å². The number of carbonyl (C=O) groups is 2. The van der Waals surface area contributed by atoms with Gasteiger partial charge >= 0.3 is 0 Å². The van der Waals surface area contributed by atoms with E-state index < -0.39 is 12.0 Å². The number of hydrogen-bond donors (Lipinski definition) is 3. The molecule has 1 atom stereocenters. The van der Waals surface area contributed by atoms with Crippen molar-refractivity contribution in [1.82, 2.24) is 0 Å². The van der Waals surface area contributed by atoms with E-state index in [1.807, 2.05) is 0 Å². The number of anilines is 2. The van der Waals surface area contributed by atoms with Crippen LogP contribution in [0, 0.1) is 0 Å². The second kappa shape index (κ2) is 7.06. The summed E-state index contributed by atoms with van der Waals surface area (Å²) in [6.07, 6.45) is -1.28. The minimum atomic E-state index is -1.28. The largest absolute Gasteiger partial charge is 0.378 e. The Hall–Kier alpha value is -2.37. The topological polar surface area (TPSA) is 78.4 Å². The van der Waals surface area contributed by atoms with Crippen molar-refractivity contribution in [3.05, 3.63) is 59.1 Å². The van der Waals surface area contributed by atoms with Crippen LogP contribution in [0.4, 0.5) is 11.4 Å². The molecule has 0 aliphatic rings. The highest BCUT2D eigenvalue weighted by Crippen LogP contribution is 2.26. The van der Waals surface area contributed by atoms with Gasteiger partial charge in [-0.15, -0.1) is 0 Å². The molecule has 0 radical (unpaired) electrons. The third-order valence-corrected chi connectivity index (χ3v) is 3.24. The first-order chi connectivity index (χ1) is 10.5. The van der Waals surface area contributed by atoms with Crippen LogP contribution in [0.1, 0.15) is 18.6 Å². The van der Waals surface area contributed by atoms with Crippen molar-refractivity contribution in [2.45, 2.75) is 13.0 Å². The quantitative estimate of drug-likeness (QED) is 0.811. The summed E-state index contributed by atoms with van der Waals surface area (Å²) in [7, 11) is 0. The van der Waals surface area contributed by atoms with Crippen LogP contribution in [-0.2, 0) is 9.59 Å². The van der Waals surface area contributed by atoms with Crippen LogP contribution in [0.3, 0.4) is 0 Å². The van der Waals surface area contributed by atoms with Gasteiger partial charge in [-0.1, -0.05) is 41.9 Å². The van der Waals surface area contributed by atoms with Gasteiger partial charge in [0.15, 0.2) is 6.10 Å². The first-order valence-electron chi connectivity index (χ1n) is 6.58. The van der Waals surface area contributed by atoms with Gasteiger partial charge in [0.05, 0.1) is 10.7 Å². The molecule has 0 saturated carbocycles.